The molecular weight excluding hydrogens is 289 g/mol. The van der Waals surface area contributed by atoms with Gasteiger partial charge in [-0.15, -0.1) is 0 Å². The highest BCUT2D eigenvalue weighted by molar-refractivity contribution is 7.50. The molecule has 0 saturated carbocycles. The third-order valence-electron chi connectivity index (χ3n) is 4.91. The fraction of sp³-hybridized carbons (Fsp3) is 0.368. The number of hydrogen-bond acceptors (Lipinski definition) is 2. The van der Waals surface area contributed by atoms with Crippen LogP contribution in [0.15, 0.2) is 60.7 Å². The zero-order valence-corrected chi connectivity index (χ0v) is 13.9. The van der Waals surface area contributed by atoms with Crippen LogP contribution in [0.1, 0.15) is 30.9 Å². The largest absolute Gasteiger partial charge is 0.326 e. The Labute approximate surface area is 134 Å². The van der Waals surface area contributed by atoms with Crippen LogP contribution in [-0.2, 0) is 10.1 Å². The van der Waals surface area contributed by atoms with Crippen molar-refractivity contribution >= 4 is 8.30 Å². The summed E-state index contributed by atoms with van der Waals surface area (Å²) in [4.78, 5) is 0. The van der Waals surface area contributed by atoms with E-state index in [0.717, 1.165) is 6.16 Å². The minimum absolute atomic E-state index is 0.291. The predicted molar refractivity (Wildman–Crippen MR) is 91.9 cm³/mol. The fourth-order valence-electron chi connectivity index (χ4n) is 3.99. The maximum absolute atomic E-state index is 6.83. The second-order valence-electron chi connectivity index (χ2n) is 6.05. The molecule has 2 aromatic carbocycles. The van der Waals surface area contributed by atoms with Crippen molar-refractivity contribution in [2.24, 2.45) is 0 Å². The van der Waals surface area contributed by atoms with E-state index in [0.29, 0.717) is 6.04 Å². The SMILES string of the molecule is CCP1OC(c2ccccc2)(c2ccccc2)[C@@H]2CCCN21. The summed E-state index contributed by atoms with van der Waals surface area (Å²) in [5.74, 6) is 0. The summed E-state index contributed by atoms with van der Waals surface area (Å²) in [6.45, 7) is 3.44. The summed E-state index contributed by atoms with van der Waals surface area (Å²) in [7, 11) is -0.485. The van der Waals surface area contributed by atoms with Crippen LogP contribution in [0.5, 0.6) is 0 Å². The van der Waals surface area contributed by atoms with Gasteiger partial charge in [0.05, 0.1) is 6.04 Å². The van der Waals surface area contributed by atoms with Gasteiger partial charge in [-0.3, -0.25) is 4.67 Å². The number of rotatable bonds is 3. The summed E-state index contributed by atoms with van der Waals surface area (Å²) in [6.07, 6.45) is 3.62. The number of nitrogens with zero attached hydrogens (tertiary/aromatic N) is 1. The Morgan fingerprint density at radius 2 is 1.64 bits per heavy atom. The van der Waals surface area contributed by atoms with Crippen LogP contribution < -0.4 is 0 Å². The van der Waals surface area contributed by atoms with E-state index in [2.05, 4.69) is 72.3 Å². The third kappa shape index (κ3) is 2.06. The van der Waals surface area contributed by atoms with Gasteiger partial charge >= 0.3 is 0 Å². The Bertz CT molecular complexity index is 591. The van der Waals surface area contributed by atoms with Gasteiger partial charge in [-0.2, -0.15) is 0 Å². The van der Waals surface area contributed by atoms with Crippen molar-refractivity contribution in [1.29, 1.82) is 0 Å². The van der Waals surface area contributed by atoms with Gasteiger partial charge in [0.15, 0.2) is 0 Å². The molecule has 0 radical (unpaired) electrons. The zero-order valence-electron chi connectivity index (χ0n) is 13.0. The van der Waals surface area contributed by atoms with Crippen LogP contribution in [0.4, 0.5) is 0 Å². The molecule has 2 aliphatic heterocycles. The van der Waals surface area contributed by atoms with Crippen LogP contribution in [0.2, 0.25) is 0 Å². The van der Waals surface area contributed by atoms with Gasteiger partial charge < -0.3 is 4.52 Å². The summed E-state index contributed by atoms with van der Waals surface area (Å²) in [6, 6.07) is 22.1. The Morgan fingerprint density at radius 1 is 1.05 bits per heavy atom. The van der Waals surface area contributed by atoms with Crippen LogP contribution in [0.3, 0.4) is 0 Å². The average molecular weight is 311 g/mol. The molecule has 2 heterocycles. The third-order valence-corrected chi connectivity index (χ3v) is 7.00. The van der Waals surface area contributed by atoms with E-state index in [-0.39, 0.29) is 5.60 Å². The Balaban J connectivity index is 1.90. The lowest BCUT2D eigenvalue weighted by Crippen LogP contribution is -2.40. The van der Waals surface area contributed by atoms with Gasteiger partial charge in [0.2, 0.25) is 0 Å². The van der Waals surface area contributed by atoms with Crippen LogP contribution >= 0.6 is 8.30 Å². The molecule has 0 N–H and O–H groups in total. The molecular formula is C19H22NOP. The molecule has 4 rings (SSSR count). The lowest BCUT2D eigenvalue weighted by atomic mass is 9.79. The highest BCUT2D eigenvalue weighted by Crippen LogP contribution is 2.64. The van der Waals surface area contributed by atoms with E-state index in [1.807, 2.05) is 0 Å². The molecule has 2 aromatic rings. The molecule has 0 amide bonds. The number of hydrogen-bond donors (Lipinski definition) is 0. The van der Waals surface area contributed by atoms with Crippen molar-refractivity contribution in [1.82, 2.24) is 4.67 Å². The first kappa shape index (κ1) is 14.4. The van der Waals surface area contributed by atoms with Crippen molar-refractivity contribution in [3.05, 3.63) is 71.8 Å². The molecule has 0 aliphatic carbocycles. The molecule has 2 aliphatic rings. The van der Waals surface area contributed by atoms with E-state index >= 15 is 0 Å². The van der Waals surface area contributed by atoms with Crippen molar-refractivity contribution in [3.8, 4) is 0 Å². The van der Waals surface area contributed by atoms with Crippen LogP contribution in [0.25, 0.3) is 0 Å². The van der Waals surface area contributed by atoms with Crippen LogP contribution in [0, 0.1) is 0 Å². The first-order valence-electron chi connectivity index (χ1n) is 8.20. The molecule has 1 unspecified atom stereocenters. The number of fused-ring (bicyclic) bond motifs is 1. The highest BCUT2D eigenvalue weighted by atomic mass is 31.2. The van der Waals surface area contributed by atoms with Crippen molar-refractivity contribution in [2.75, 3.05) is 12.7 Å². The lowest BCUT2D eigenvalue weighted by Gasteiger charge is -2.34. The second-order valence-corrected chi connectivity index (χ2v) is 8.08. The van der Waals surface area contributed by atoms with Gasteiger partial charge in [0.25, 0.3) is 0 Å². The van der Waals surface area contributed by atoms with E-state index in [1.54, 1.807) is 0 Å². The molecule has 22 heavy (non-hydrogen) atoms. The van der Waals surface area contributed by atoms with E-state index in [1.165, 1.54) is 30.5 Å². The molecule has 3 heteroatoms. The maximum Gasteiger partial charge on any atom is 0.140 e. The first-order valence-corrected chi connectivity index (χ1v) is 9.60. The quantitative estimate of drug-likeness (QED) is 0.758. The summed E-state index contributed by atoms with van der Waals surface area (Å²) < 4.78 is 9.48. The Morgan fingerprint density at radius 3 is 2.18 bits per heavy atom. The summed E-state index contributed by atoms with van der Waals surface area (Å²) in [5, 5.41) is 0. The molecule has 114 valence electrons. The Kier molecular flexibility index (Phi) is 3.78. The van der Waals surface area contributed by atoms with Crippen LogP contribution in [-0.4, -0.2) is 23.4 Å². The summed E-state index contributed by atoms with van der Waals surface area (Å²) in [5.41, 5.74) is 2.31. The van der Waals surface area contributed by atoms with Gasteiger partial charge in [-0.05, 0) is 24.0 Å². The Hall–Kier alpha value is -1.21. The second kappa shape index (κ2) is 5.77. The van der Waals surface area contributed by atoms with Gasteiger partial charge in [0.1, 0.15) is 13.9 Å². The first-order chi connectivity index (χ1) is 10.9. The van der Waals surface area contributed by atoms with E-state index < -0.39 is 8.30 Å². The number of benzene rings is 2. The smallest absolute Gasteiger partial charge is 0.140 e. The molecule has 0 bridgehead atoms. The van der Waals surface area contributed by atoms with Gasteiger partial charge in [0, 0.05) is 12.7 Å². The minimum Gasteiger partial charge on any atom is -0.326 e. The van der Waals surface area contributed by atoms with Crippen molar-refractivity contribution in [2.45, 2.75) is 31.4 Å². The van der Waals surface area contributed by atoms with E-state index in [4.69, 9.17) is 4.52 Å². The molecule has 2 fully saturated rings. The van der Waals surface area contributed by atoms with Crippen molar-refractivity contribution < 1.29 is 4.52 Å². The molecule has 2 nitrogen and oxygen atoms in total. The maximum atomic E-state index is 6.83. The van der Waals surface area contributed by atoms with Crippen molar-refractivity contribution in [3.63, 3.8) is 0 Å². The molecule has 2 saturated heterocycles. The standard InChI is InChI=1S/C19H22NOP/c1-2-22-20-15-9-14-18(20)19(21-22,16-10-5-3-6-11-16)17-12-7-4-8-13-17/h3-8,10-13,18H,2,9,14-15H2,1H3/t18-,22?/m0/s1. The predicted octanol–water partition coefficient (Wildman–Crippen LogP) is 4.76. The lowest BCUT2D eigenvalue weighted by molar-refractivity contribution is 0.113. The topological polar surface area (TPSA) is 12.5 Å². The monoisotopic (exact) mass is 311 g/mol. The average Bonchev–Trinajstić information content (AvgIpc) is 3.18. The van der Waals surface area contributed by atoms with Gasteiger partial charge in [-0.1, -0.05) is 67.6 Å². The molecule has 0 aromatic heterocycles. The van der Waals surface area contributed by atoms with Gasteiger partial charge in [-0.25, -0.2) is 0 Å². The van der Waals surface area contributed by atoms with E-state index in [9.17, 15) is 0 Å². The minimum atomic E-state index is -0.485. The molecule has 0 spiro atoms. The molecule has 2 atom stereocenters. The highest BCUT2D eigenvalue weighted by Gasteiger charge is 2.56. The summed E-state index contributed by atoms with van der Waals surface area (Å²) >= 11 is 0. The normalized spacial score (nSPS) is 27.0. The fourth-order valence-corrected chi connectivity index (χ4v) is 6.20. The zero-order chi connectivity index (χ0) is 15.0.